The van der Waals surface area contributed by atoms with Gasteiger partial charge in [-0.15, -0.1) is 0 Å². The Hall–Kier alpha value is -2.89. The number of hydrogen-bond acceptors (Lipinski definition) is 4. The predicted octanol–water partition coefficient (Wildman–Crippen LogP) is 4.04. The average molecular weight is 395 g/mol. The molecule has 2 heterocycles. The first-order valence-electron chi connectivity index (χ1n) is 10.6. The lowest BCUT2D eigenvalue weighted by Crippen LogP contribution is -2.50. The molecule has 0 saturated carbocycles. The lowest BCUT2D eigenvalue weighted by Gasteiger charge is -2.36. The third-order valence-electron chi connectivity index (χ3n) is 5.68. The molecule has 29 heavy (non-hydrogen) atoms. The maximum atomic E-state index is 12.7. The van der Waals surface area contributed by atoms with E-state index >= 15 is 0 Å². The van der Waals surface area contributed by atoms with Crippen molar-refractivity contribution in [2.45, 2.75) is 19.8 Å². The van der Waals surface area contributed by atoms with Gasteiger partial charge in [0.25, 0.3) is 0 Å². The highest BCUT2D eigenvalue weighted by atomic mass is 16.5. The second-order valence-electron chi connectivity index (χ2n) is 7.54. The van der Waals surface area contributed by atoms with Gasteiger partial charge in [-0.05, 0) is 56.2 Å². The molecule has 6 nitrogen and oxygen atoms in total. The predicted molar refractivity (Wildman–Crippen MR) is 118 cm³/mol. The number of nitrogens with zero attached hydrogens (tertiary/aromatic N) is 3. The number of hydrogen-bond donors (Lipinski definition) is 1. The lowest BCUT2D eigenvalue weighted by atomic mass is 10.2. The Bertz CT molecular complexity index is 810. The summed E-state index contributed by atoms with van der Waals surface area (Å²) in [7, 11) is 0. The maximum Gasteiger partial charge on any atom is 0.322 e. The van der Waals surface area contributed by atoms with Crippen LogP contribution < -0.4 is 19.9 Å². The minimum Gasteiger partial charge on any atom is -0.492 e. The van der Waals surface area contributed by atoms with E-state index in [0.717, 1.165) is 18.8 Å². The van der Waals surface area contributed by atoms with Crippen molar-refractivity contribution in [3.63, 3.8) is 0 Å². The Labute approximate surface area is 173 Å². The van der Waals surface area contributed by atoms with E-state index in [-0.39, 0.29) is 6.03 Å². The molecule has 0 spiro atoms. The number of carbonyl (C=O) groups excluding carboxylic acids is 1. The van der Waals surface area contributed by atoms with Crippen LogP contribution in [0.2, 0.25) is 0 Å². The fourth-order valence-electron chi connectivity index (χ4n) is 4.06. The molecule has 6 heteroatoms. The Morgan fingerprint density at radius 3 is 2.07 bits per heavy atom. The number of ether oxygens (including phenoxy) is 1. The van der Waals surface area contributed by atoms with Crippen molar-refractivity contribution in [2.24, 2.45) is 0 Å². The number of anilines is 3. The highest BCUT2D eigenvalue weighted by molar-refractivity contribution is 5.91. The van der Waals surface area contributed by atoms with Crippen LogP contribution in [0, 0.1) is 0 Å². The molecule has 2 aliphatic rings. The fourth-order valence-corrected chi connectivity index (χ4v) is 4.06. The van der Waals surface area contributed by atoms with Gasteiger partial charge in [0.05, 0.1) is 12.3 Å². The van der Waals surface area contributed by atoms with Gasteiger partial charge in [-0.25, -0.2) is 4.79 Å². The van der Waals surface area contributed by atoms with E-state index in [0.29, 0.717) is 25.4 Å². The molecule has 2 saturated heterocycles. The van der Waals surface area contributed by atoms with Crippen molar-refractivity contribution in [3.8, 4) is 5.75 Å². The van der Waals surface area contributed by atoms with Gasteiger partial charge in [-0.2, -0.15) is 0 Å². The molecule has 2 aliphatic heterocycles. The summed E-state index contributed by atoms with van der Waals surface area (Å²) in [5, 5.41) is 3.00. The molecule has 0 aromatic heterocycles. The standard InChI is InChI=1S/C23H30N4O2/c1-2-29-22-8-4-3-7-21(22)24-23(28)27-17-15-26(16-18-27)20-11-9-19(10-12-20)25-13-5-6-14-25/h3-4,7-12H,2,5-6,13-18H2,1H3,(H,24,28). The van der Waals surface area contributed by atoms with Crippen LogP contribution in [-0.2, 0) is 0 Å². The summed E-state index contributed by atoms with van der Waals surface area (Å²) < 4.78 is 5.60. The maximum absolute atomic E-state index is 12.7. The van der Waals surface area contributed by atoms with E-state index < -0.39 is 0 Å². The van der Waals surface area contributed by atoms with Crippen molar-refractivity contribution >= 4 is 23.1 Å². The topological polar surface area (TPSA) is 48.1 Å². The van der Waals surface area contributed by atoms with Crippen molar-refractivity contribution in [1.29, 1.82) is 0 Å². The van der Waals surface area contributed by atoms with Crippen LogP contribution >= 0.6 is 0 Å². The molecule has 1 N–H and O–H groups in total. The van der Waals surface area contributed by atoms with Crippen LogP contribution in [0.25, 0.3) is 0 Å². The molecule has 2 fully saturated rings. The van der Waals surface area contributed by atoms with Gasteiger partial charge in [0.2, 0.25) is 0 Å². The van der Waals surface area contributed by atoms with E-state index in [1.54, 1.807) is 0 Å². The molecule has 0 aliphatic carbocycles. The van der Waals surface area contributed by atoms with E-state index in [4.69, 9.17) is 4.74 Å². The van der Waals surface area contributed by atoms with Crippen molar-refractivity contribution in [3.05, 3.63) is 48.5 Å². The van der Waals surface area contributed by atoms with Crippen LogP contribution in [0.15, 0.2) is 48.5 Å². The number of rotatable bonds is 5. The third kappa shape index (κ3) is 4.58. The molecule has 2 aromatic carbocycles. The number of carbonyl (C=O) groups is 1. The smallest absolute Gasteiger partial charge is 0.322 e. The largest absolute Gasteiger partial charge is 0.492 e. The van der Waals surface area contributed by atoms with Crippen LogP contribution in [0.3, 0.4) is 0 Å². The Balaban J connectivity index is 1.31. The summed E-state index contributed by atoms with van der Waals surface area (Å²) in [4.78, 5) is 19.4. The highest BCUT2D eigenvalue weighted by Gasteiger charge is 2.22. The zero-order valence-corrected chi connectivity index (χ0v) is 17.1. The Morgan fingerprint density at radius 1 is 0.862 bits per heavy atom. The number of amides is 2. The number of para-hydroxylation sites is 2. The SMILES string of the molecule is CCOc1ccccc1NC(=O)N1CCN(c2ccc(N3CCCC3)cc2)CC1. The van der Waals surface area contributed by atoms with Gasteiger partial charge in [0.15, 0.2) is 0 Å². The second-order valence-corrected chi connectivity index (χ2v) is 7.54. The summed E-state index contributed by atoms with van der Waals surface area (Å²) in [5.74, 6) is 0.708. The normalized spacial score (nSPS) is 16.8. The number of benzene rings is 2. The van der Waals surface area contributed by atoms with Crippen molar-refractivity contribution in [2.75, 3.05) is 61.0 Å². The summed E-state index contributed by atoms with van der Waals surface area (Å²) in [6.07, 6.45) is 2.58. The summed E-state index contributed by atoms with van der Waals surface area (Å²) in [6.45, 7) is 7.93. The van der Waals surface area contributed by atoms with E-state index in [2.05, 4.69) is 39.4 Å². The van der Waals surface area contributed by atoms with Crippen LogP contribution in [0.4, 0.5) is 21.9 Å². The van der Waals surface area contributed by atoms with Gasteiger partial charge in [-0.3, -0.25) is 0 Å². The molecule has 4 rings (SSSR count). The first-order valence-corrected chi connectivity index (χ1v) is 10.6. The highest BCUT2D eigenvalue weighted by Crippen LogP contribution is 2.26. The monoisotopic (exact) mass is 394 g/mol. The van der Waals surface area contributed by atoms with Gasteiger partial charge >= 0.3 is 6.03 Å². The Morgan fingerprint density at radius 2 is 1.45 bits per heavy atom. The molecule has 0 radical (unpaired) electrons. The summed E-state index contributed by atoms with van der Waals surface area (Å²) in [5.41, 5.74) is 3.27. The van der Waals surface area contributed by atoms with Crippen LogP contribution in [0.1, 0.15) is 19.8 Å². The van der Waals surface area contributed by atoms with E-state index in [1.807, 2.05) is 36.1 Å². The molecule has 154 valence electrons. The molecular weight excluding hydrogens is 364 g/mol. The van der Waals surface area contributed by atoms with Gasteiger partial charge in [0.1, 0.15) is 5.75 Å². The molecule has 0 unspecified atom stereocenters. The van der Waals surface area contributed by atoms with Gasteiger partial charge < -0.3 is 24.8 Å². The van der Waals surface area contributed by atoms with Crippen molar-refractivity contribution in [1.82, 2.24) is 4.90 Å². The molecule has 0 bridgehead atoms. The Kier molecular flexibility index (Phi) is 6.08. The summed E-state index contributed by atoms with van der Waals surface area (Å²) >= 11 is 0. The number of nitrogens with one attached hydrogen (secondary N) is 1. The lowest BCUT2D eigenvalue weighted by molar-refractivity contribution is 0.208. The molecule has 2 amide bonds. The fraction of sp³-hybridized carbons (Fsp3) is 0.435. The van der Waals surface area contributed by atoms with Crippen LogP contribution in [-0.4, -0.2) is 56.8 Å². The number of piperazine rings is 1. The molecule has 0 atom stereocenters. The van der Waals surface area contributed by atoms with Crippen LogP contribution in [0.5, 0.6) is 5.75 Å². The van der Waals surface area contributed by atoms with Crippen molar-refractivity contribution < 1.29 is 9.53 Å². The average Bonchev–Trinajstić information content (AvgIpc) is 3.30. The second kappa shape index (κ2) is 9.07. The van der Waals surface area contributed by atoms with E-state index in [1.165, 1.54) is 37.3 Å². The van der Waals surface area contributed by atoms with E-state index in [9.17, 15) is 4.79 Å². The zero-order valence-electron chi connectivity index (χ0n) is 17.1. The van der Waals surface area contributed by atoms with Gasteiger partial charge in [0, 0.05) is 50.6 Å². The quantitative estimate of drug-likeness (QED) is 0.832. The van der Waals surface area contributed by atoms with Gasteiger partial charge in [-0.1, -0.05) is 12.1 Å². The first-order chi connectivity index (χ1) is 14.2. The zero-order chi connectivity index (χ0) is 20.1. The summed E-state index contributed by atoms with van der Waals surface area (Å²) in [6, 6.07) is 16.4. The molecule has 2 aromatic rings. The third-order valence-corrected chi connectivity index (χ3v) is 5.68. The first kappa shape index (κ1) is 19.4. The minimum atomic E-state index is -0.0683. The minimum absolute atomic E-state index is 0.0683. The number of urea groups is 1. The molecular formula is C23H30N4O2.